The standard InChI is InChI=1S/C27H52O4/c1-4-7-9-10-11-12-13-14-15-16-17-18-19-20-24-30-26(28)22-23-27(29)31-25(6-3)21-8-5-2/h25H,4-24H2,1-3H3. The number of esters is 2. The van der Waals surface area contributed by atoms with Gasteiger partial charge in [0.05, 0.1) is 19.4 Å². The lowest BCUT2D eigenvalue weighted by atomic mass is 10.0. The van der Waals surface area contributed by atoms with Gasteiger partial charge >= 0.3 is 11.9 Å². The van der Waals surface area contributed by atoms with Gasteiger partial charge in [0, 0.05) is 0 Å². The maximum atomic E-state index is 11.9. The van der Waals surface area contributed by atoms with Gasteiger partial charge in [0.1, 0.15) is 6.10 Å². The molecule has 0 heterocycles. The average Bonchev–Trinajstić information content (AvgIpc) is 2.77. The highest BCUT2D eigenvalue weighted by molar-refractivity contribution is 5.77. The average molecular weight is 441 g/mol. The number of rotatable bonds is 23. The largest absolute Gasteiger partial charge is 0.466 e. The molecule has 184 valence electrons. The van der Waals surface area contributed by atoms with E-state index in [1.807, 2.05) is 6.92 Å². The molecule has 1 atom stereocenters. The van der Waals surface area contributed by atoms with Crippen LogP contribution >= 0.6 is 0 Å². The second-order valence-electron chi connectivity index (χ2n) is 8.98. The summed E-state index contributed by atoms with van der Waals surface area (Å²) in [6.45, 7) is 6.89. The Morgan fingerprint density at radius 3 is 1.52 bits per heavy atom. The fraction of sp³-hybridized carbons (Fsp3) is 0.926. The maximum Gasteiger partial charge on any atom is 0.306 e. The fourth-order valence-corrected chi connectivity index (χ4v) is 3.78. The van der Waals surface area contributed by atoms with Crippen LogP contribution < -0.4 is 0 Å². The summed E-state index contributed by atoms with van der Waals surface area (Å²) in [7, 11) is 0. The van der Waals surface area contributed by atoms with E-state index in [9.17, 15) is 9.59 Å². The van der Waals surface area contributed by atoms with E-state index < -0.39 is 0 Å². The number of ether oxygens (including phenoxy) is 2. The van der Waals surface area contributed by atoms with Crippen LogP contribution in [0.15, 0.2) is 0 Å². The first-order chi connectivity index (χ1) is 15.1. The van der Waals surface area contributed by atoms with E-state index in [1.165, 1.54) is 77.0 Å². The zero-order chi connectivity index (χ0) is 23.0. The molecule has 0 aliphatic heterocycles. The molecule has 0 aromatic heterocycles. The van der Waals surface area contributed by atoms with Crippen molar-refractivity contribution in [1.29, 1.82) is 0 Å². The summed E-state index contributed by atoms with van der Waals surface area (Å²) in [5, 5.41) is 0. The summed E-state index contributed by atoms with van der Waals surface area (Å²) in [4.78, 5) is 23.6. The van der Waals surface area contributed by atoms with E-state index in [-0.39, 0.29) is 30.9 Å². The lowest BCUT2D eigenvalue weighted by Crippen LogP contribution is -2.18. The van der Waals surface area contributed by atoms with Crippen molar-refractivity contribution in [1.82, 2.24) is 0 Å². The van der Waals surface area contributed by atoms with Gasteiger partial charge in [0.15, 0.2) is 0 Å². The highest BCUT2D eigenvalue weighted by Crippen LogP contribution is 2.13. The molecule has 1 unspecified atom stereocenters. The normalized spacial score (nSPS) is 12.0. The summed E-state index contributed by atoms with van der Waals surface area (Å²) in [5.41, 5.74) is 0. The molecule has 0 saturated heterocycles. The zero-order valence-corrected chi connectivity index (χ0v) is 21.1. The van der Waals surface area contributed by atoms with Crippen molar-refractivity contribution in [3.05, 3.63) is 0 Å². The maximum absolute atomic E-state index is 11.9. The minimum Gasteiger partial charge on any atom is -0.466 e. The van der Waals surface area contributed by atoms with E-state index in [2.05, 4.69) is 13.8 Å². The lowest BCUT2D eigenvalue weighted by molar-refractivity contribution is -0.154. The SMILES string of the molecule is CCCCCCCCCCCCCCCCOC(=O)CCC(=O)OC(CC)CCCC. The summed E-state index contributed by atoms with van der Waals surface area (Å²) in [6.07, 6.45) is 22.5. The van der Waals surface area contributed by atoms with Crippen LogP contribution in [0, 0.1) is 0 Å². The Bertz CT molecular complexity index is 408. The first-order valence-corrected chi connectivity index (χ1v) is 13.5. The van der Waals surface area contributed by atoms with E-state index in [1.54, 1.807) is 0 Å². The van der Waals surface area contributed by atoms with Gasteiger partial charge in [-0.2, -0.15) is 0 Å². The van der Waals surface area contributed by atoms with Crippen molar-refractivity contribution in [2.24, 2.45) is 0 Å². The molecule has 0 saturated carbocycles. The van der Waals surface area contributed by atoms with Crippen molar-refractivity contribution in [2.45, 2.75) is 155 Å². The lowest BCUT2D eigenvalue weighted by Gasteiger charge is -2.15. The van der Waals surface area contributed by atoms with Gasteiger partial charge in [0.2, 0.25) is 0 Å². The van der Waals surface area contributed by atoms with Gasteiger partial charge in [0.25, 0.3) is 0 Å². The number of hydrogen-bond acceptors (Lipinski definition) is 4. The number of unbranched alkanes of at least 4 members (excludes halogenated alkanes) is 14. The van der Waals surface area contributed by atoms with Crippen LogP contribution in [0.2, 0.25) is 0 Å². The molecule has 0 aliphatic carbocycles. The van der Waals surface area contributed by atoms with Crippen molar-refractivity contribution >= 4 is 11.9 Å². The van der Waals surface area contributed by atoms with Gasteiger partial charge < -0.3 is 9.47 Å². The van der Waals surface area contributed by atoms with E-state index in [4.69, 9.17) is 9.47 Å². The van der Waals surface area contributed by atoms with Gasteiger partial charge in [-0.25, -0.2) is 0 Å². The Hall–Kier alpha value is -1.06. The zero-order valence-electron chi connectivity index (χ0n) is 21.1. The van der Waals surface area contributed by atoms with Gasteiger partial charge in [-0.05, 0) is 19.3 Å². The molecule has 0 radical (unpaired) electrons. The molecule has 31 heavy (non-hydrogen) atoms. The highest BCUT2D eigenvalue weighted by atomic mass is 16.5. The van der Waals surface area contributed by atoms with Crippen molar-refractivity contribution in [3.8, 4) is 0 Å². The third-order valence-corrected chi connectivity index (χ3v) is 5.93. The van der Waals surface area contributed by atoms with Crippen molar-refractivity contribution in [2.75, 3.05) is 6.61 Å². The monoisotopic (exact) mass is 440 g/mol. The predicted octanol–water partition coefficient (Wildman–Crippen LogP) is 8.30. The van der Waals surface area contributed by atoms with E-state index in [0.29, 0.717) is 6.61 Å². The molecule has 0 fully saturated rings. The molecular formula is C27H52O4. The van der Waals surface area contributed by atoms with Crippen LogP contribution in [0.1, 0.15) is 149 Å². The Morgan fingerprint density at radius 1 is 0.581 bits per heavy atom. The smallest absolute Gasteiger partial charge is 0.306 e. The summed E-state index contributed by atoms with van der Waals surface area (Å²) < 4.78 is 10.7. The summed E-state index contributed by atoms with van der Waals surface area (Å²) in [5.74, 6) is -0.565. The van der Waals surface area contributed by atoms with Crippen LogP contribution in [0.5, 0.6) is 0 Å². The Labute approximate surface area is 193 Å². The van der Waals surface area contributed by atoms with Gasteiger partial charge in [-0.3, -0.25) is 9.59 Å². The van der Waals surface area contributed by atoms with Crippen molar-refractivity contribution < 1.29 is 19.1 Å². The molecule has 0 aromatic rings. The van der Waals surface area contributed by atoms with Crippen LogP contribution in [0.3, 0.4) is 0 Å². The Kier molecular flexibility index (Phi) is 22.8. The Balaban J connectivity index is 3.40. The molecule has 4 nitrogen and oxygen atoms in total. The first-order valence-electron chi connectivity index (χ1n) is 13.5. The summed E-state index contributed by atoms with van der Waals surface area (Å²) >= 11 is 0. The van der Waals surface area contributed by atoms with Crippen LogP contribution in [-0.4, -0.2) is 24.6 Å². The van der Waals surface area contributed by atoms with Gasteiger partial charge in [-0.1, -0.05) is 117 Å². The molecule has 0 bridgehead atoms. The quantitative estimate of drug-likeness (QED) is 0.118. The van der Waals surface area contributed by atoms with Crippen LogP contribution in [0.4, 0.5) is 0 Å². The van der Waals surface area contributed by atoms with Crippen LogP contribution in [-0.2, 0) is 19.1 Å². The predicted molar refractivity (Wildman–Crippen MR) is 130 cm³/mol. The second kappa shape index (κ2) is 23.6. The number of carbonyl (C=O) groups excluding carboxylic acids is 2. The Morgan fingerprint density at radius 2 is 1.03 bits per heavy atom. The first kappa shape index (κ1) is 29.9. The molecule has 0 N–H and O–H groups in total. The molecule has 0 aromatic carbocycles. The third kappa shape index (κ3) is 21.9. The number of carbonyl (C=O) groups is 2. The van der Waals surface area contributed by atoms with E-state index >= 15 is 0 Å². The molecule has 0 rings (SSSR count). The molecule has 0 amide bonds. The summed E-state index contributed by atoms with van der Waals surface area (Å²) in [6, 6.07) is 0. The minimum atomic E-state index is -0.284. The second-order valence-corrected chi connectivity index (χ2v) is 8.98. The number of hydrogen-bond donors (Lipinski definition) is 0. The van der Waals surface area contributed by atoms with Crippen molar-refractivity contribution in [3.63, 3.8) is 0 Å². The third-order valence-electron chi connectivity index (χ3n) is 5.93. The molecular weight excluding hydrogens is 388 g/mol. The topological polar surface area (TPSA) is 52.6 Å². The molecule has 4 heteroatoms. The highest BCUT2D eigenvalue weighted by Gasteiger charge is 2.14. The fourth-order valence-electron chi connectivity index (χ4n) is 3.78. The van der Waals surface area contributed by atoms with Gasteiger partial charge in [-0.15, -0.1) is 0 Å². The molecule has 0 aliphatic rings. The minimum absolute atomic E-state index is 0.0148. The van der Waals surface area contributed by atoms with E-state index in [0.717, 1.165) is 38.5 Å². The van der Waals surface area contributed by atoms with Crippen LogP contribution in [0.25, 0.3) is 0 Å². The molecule has 0 spiro atoms.